The lowest BCUT2D eigenvalue weighted by molar-refractivity contribution is -0.140. The molecule has 0 aliphatic carbocycles. The maximum Gasteiger partial charge on any atom is 0.305 e. The van der Waals surface area contributed by atoms with Crippen LogP contribution in [0.25, 0.3) is 5.52 Å². The van der Waals surface area contributed by atoms with Crippen molar-refractivity contribution < 1.29 is 9.53 Å². The lowest BCUT2D eigenvalue weighted by Crippen LogP contribution is -2.15. The van der Waals surface area contributed by atoms with Gasteiger partial charge in [-0.15, -0.1) is 0 Å². The average Bonchev–Trinajstić information content (AvgIpc) is 2.77. The maximum atomic E-state index is 11.6. The first-order valence-electron chi connectivity index (χ1n) is 5.34. The Balaban J connectivity index is 2.09. The SMILES string of the molecule is COC(=O)CCCc1nn2cccc2c(=O)[nH]1. The number of aromatic amines is 1. The van der Waals surface area contributed by atoms with E-state index in [9.17, 15) is 9.59 Å². The van der Waals surface area contributed by atoms with Crippen molar-refractivity contribution in [3.8, 4) is 0 Å². The summed E-state index contributed by atoms with van der Waals surface area (Å²) in [5.41, 5.74) is 0.347. The molecule has 2 rings (SSSR count). The van der Waals surface area contributed by atoms with Crippen LogP contribution in [0.5, 0.6) is 0 Å². The van der Waals surface area contributed by atoms with Crippen molar-refractivity contribution in [1.82, 2.24) is 14.6 Å². The molecule has 0 aromatic carbocycles. The molecule has 0 bridgehead atoms. The zero-order valence-corrected chi connectivity index (χ0v) is 9.47. The topological polar surface area (TPSA) is 76.5 Å². The number of esters is 1. The minimum absolute atomic E-state index is 0.168. The minimum Gasteiger partial charge on any atom is -0.469 e. The zero-order chi connectivity index (χ0) is 12.3. The van der Waals surface area contributed by atoms with Crippen LogP contribution in [0.3, 0.4) is 0 Å². The molecule has 6 heteroatoms. The summed E-state index contributed by atoms with van der Waals surface area (Å²) in [4.78, 5) is 25.2. The van der Waals surface area contributed by atoms with Crippen LogP contribution in [0.1, 0.15) is 18.7 Å². The third-order valence-corrected chi connectivity index (χ3v) is 2.47. The number of aromatic nitrogens is 3. The number of hydrogen-bond acceptors (Lipinski definition) is 4. The Morgan fingerprint density at radius 1 is 1.59 bits per heavy atom. The van der Waals surface area contributed by atoms with Crippen LogP contribution in [-0.2, 0) is 16.0 Å². The van der Waals surface area contributed by atoms with Gasteiger partial charge in [0.1, 0.15) is 11.3 Å². The fourth-order valence-electron chi connectivity index (χ4n) is 1.60. The first kappa shape index (κ1) is 11.4. The lowest BCUT2D eigenvalue weighted by atomic mass is 10.2. The number of nitrogens with zero attached hydrogens (tertiary/aromatic N) is 2. The molecule has 0 atom stereocenters. The Morgan fingerprint density at radius 3 is 3.18 bits per heavy atom. The molecular weight excluding hydrogens is 222 g/mol. The number of H-pyrrole nitrogens is 1. The first-order chi connectivity index (χ1) is 8.20. The molecule has 17 heavy (non-hydrogen) atoms. The van der Waals surface area contributed by atoms with Crippen molar-refractivity contribution in [3.05, 3.63) is 34.5 Å². The van der Waals surface area contributed by atoms with Gasteiger partial charge in [-0.1, -0.05) is 0 Å². The first-order valence-corrected chi connectivity index (χ1v) is 5.34. The van der Waals surface area contributed by atoms with Gasteiger partial charge in [0.15, 0.2) is 0 Å². The van der Waals surface area contributed by atoms with E-state index in [4.69, 9.17) is 0 Å². The fraction of sp³-hybridized carbons (Fsp3) is 0.364. The third kappa shape index (κ3) is 2.52. The zero-order valence-electron chi connectivity index (χ0n) is 9.47. The summed E-state index contributed by atoms with van der Waals surface area (Å²) in [6.45, 7) is 0. The molecule has 6 nitrogen and oxygen atoms in total. The molecule has 0 fully saturated rings. The van der Waals surface area contributed by atoms with Gasteiger partial charge in [0.25, 0.3) is 5.56 Å². The Labute approximate surface area is 97.2 Å². The Bertz CT molecular complexity index is 585. The molecule has 0 aliphatic rings. The molecule has 0 radical (unpaired) electrons. The largest absolute Gasteiger partial charge is 0.469 e. The van der Waals surface area contributed by atoms with Crippen LogP contribution < -0.4 is 5.56 Å². The normalized spacial score (nSPS) is 10.6. The monoisotopic (exact) mass is 235 g/mol. The summed E-state index contributed by atoms with van der Waals surface area (Å²) in [6.07, 6.45) is 3.18. The number of hydrogen-bond donors (Lipinski definition) is 1. The molecule has 0 amide bonds. The molecule has 2 aromatic rings. The van der Waals surface area contributed by atoms with Crippen molar-refractivity contribution in [2.75, 3.05) is 7.11 Å². The van der Waals surface area contributed by atoms with E-state index >= 15 is 0 Å². The predicted molar refractivity (Wildman–Crippen MR) is 60.8 cm³/mol. The van der Waals surface area contributed by atoms with Gasteiger partial charge in [-0.2, -0.15) is 5.10 Å². The summed E-state index contributed by atoms with van der Waals surface area (Å²) in [7, 11) is 1.36. The number of carbonyl (C=O) groups is 1. The van der Waals surface area contributed by atoms with E-state index in [2.05, 4.69) is 14.8 Å². The van der Waals surface area contributed by atoms with Crippen LogP contribution in [-0.4, -0.2) is 27.7 Å². The molecule has 0 unspecified atom stereocenters. The van der Waals surface area contributed by atoms with Crippen molar-refractivity contribution in [2.45, 2.75) is 19.3 Å². The Morgan fingerprint density at radius 2 is 2.41 bits per heavy atom. The molecule has 0 aliphatic heterocycles. The standard InChI is InChI=1S/C11H13N3O3/c1-17-10(15)6-2-5-9-12-11(16)8-4-3-7-14(8)13-9/h3-4,7H,2,5-6H2,1H3,(H,12,13,16). The number of fused-ring (bicyclic) bond motifs is 1. The van der Waals surface area contributed by atoms with Gasteiger partial charge in [0, 0.05) is 19.0 Å². The number of rotatable bonds is 4. The number of ether oxygens (including phenoxy) is 1. The summed E-state index contributed by atoms with van der Waals surface area (Å²) in [6, 6.07) is 3.46. The van der Waals surface area contributed by atoms with E-state index in [1.807, 2.05) is 0 Å². The molecule has 2 heterocycles. The predicted octanol–water partition coefficient (Wildman–Crippen LogP) is 0.518. The van der Waals surface area contributed by atoms with Crippen LogP contribution in [0.4, 0.5) is 0 Å². The van der Waals surface area contributed by atoms with E-state index in [0.29, 0.717) is 30.6 Å². The van der Waals surface area contributed by atoms with Gasteiger partial charge in [0.2, 0.25) is 0 Å². The summed E-state index contributed by atoms with van der Waals surface area (Å²) in [5, 5.41) is 4.23. The second kappa shape index (κ2) is 4.82. The van der Waals surface area contributed by atoms with Crippen molar-refractivity contribution >= 4 is 11.5 Å². The number of nitrogens with one attached hydrogen (secondary N) is 1. The molecular formula is C11H13N3O3. The second-order valence-electron chi connectivity index (χ2n) is 3.67. The number of carbonyl (C=O) groups excluding carboxylic acids is 1. The summed E-state index contributed by atoms with van der Waals surface area (Å²) in [5.74, 6) is 0.317. The third-order valence-electron chi connectivity index (χ3n) is 2.47. The van der Waals surface area contributed by atoms with E-state index < -0.39 is 0 Å². The highest BCUT2D eigenvalue weighted by atomic mass is 16.5. The van der Waals surface area contributed by atoms with Crippen LogP contribution in [0.2, 0.25) is 0 Å². The quantitative estimate of drug-likeness (QED) is 0.784. The second-order valence-corrected chi connectivity index (χ2v) is 3.67. The summed E-state index contributed by atoms with van der Waals surface area (Å²) < 4.78 is 6.07. The van der Waals surface area contributed by atoms with Gasteiger partial charge in [0.05, 0.1) is 7.11 Å². The lowest BCUT2D eigenvalue weighted by Gasteiger charge is -2.01. The molecule has 1 N–H and O–H groups in total. The van der Waals surface area contributed by atoms with Gasteiger partial charge < -0.3 is 9.72 Å². The smallest absolute Gasteiger partial charge is 0.305 e. The van der Waals surface area contributed by atoms with Crippen molar-refractivity contribution in [3.63, 3.8) is 0 Å². The summed E-state index contributed by atoms with van der Waals surface area (Å²) >= 11 is 0. The van der Waals surface area contributed by atoms with Crippen LogP contribution in [0, 0.1) is 0 Å². The average molecular weight is 235 g/mol. The van der Waals surface area contributed by atoms with Gasteiger partial charge in [-0.3, -0.25) is 9.59 Å². The van der Waals surface area contributed by atoms with Crippen molar-refractivity contribution in [2.24, 2.45) is 0 Å². The van der Waals surface area contributed by atoms with Gasteiger partial charge in [-0.05, 0) is 18.6 Å². The minimum atomic E-state index is -0.255. The van der Waals surface area contributed by atoms with Gasteiger partial charge in [-0.25, -0.2) is 4.52 Å². The van der Waals surface area contributed by atoms with E-state index in [1.54, 1.807) is 18.3 Å². The van der Waals surface area contributed by atoms with Crippen LogP contribution >= 0.6 is 0 Å². The highest BCUT2D eigenvalue weighted by Gasteiger charge is 2.05. The molecule has 2 aromatic heterocycles. The van der Waals surface area contributed by atoms with Crippen LogP contribution in [0.15, 0.2) is 23.1 Å². The molecule has 0 spiro atoms. The highest BCUT2D eigenvalue weighted by Crippen LogP contribution is 2.01. The van der Waals surface area contributed by atoms with E-state index in [0.717, 1.165) is 0 Å². The maximum absolute atomic E-state index is 11.6. The van der Waals surface area contributed by atoms with Crippen molar-refractivity contribution in [1.29, 1.82) is 0 Å². The Hall–Kier alpha value is -2.11. The van der Waals surface area contributed by atoms with Gasteiger partial charge >= 0.3 is 5.97 Å². The highest BCUT2D eigenvalue weighted by molar-refractivity contribution is 5.69. The van der Waals surface area contributed by atoms with E-state index in [1.165, 1.54) is 11.6 Å². The van der Waals surface area contributed by atoms with E-state index in [-0.39, 0.29) is 11.5 Å². The molecule has 0 saturated heterocycles. The fourth-order valence-corrected chi connectivity index (χ4v) is 1.60. The molecule has 90 valence electrons. The number of methoxy groups -OCH3 is 1. The Kier molecular flexibility index (Phi) is 3.22. The molecule has 0 saturated carbocycles. The number of aryl methyl sites for hydroxylation is 1.